The van der Waals surface area contributed by atoms with Crippen LogP contribution in [-0.2, 0) is 25.6 Å². The second-order valence-electron chi connectivity index (χ2n) is 12.2. The Kier molecular flexibility index (Phi) is 12.4. The van der Waals surface area contributed by atoms with Crippen LogP contribution < -0.4 is 35.5 Å². The molecule has 254 valence electrons. The Bertz CT molecular complexity index is 1450. The Hall–Kier alpha value is -4.81. The number of rotatable bonds is 5. The number of nitrogens with zero attached hydrogens (tertiary/aromatic N) is 1. The van der Waals surface area contributed by atoms with Crippen LogP contribution >= 0.6 is 0 Å². The van der Waals surface area contributed by atoms with Crippen LogP contribution in [0.2, 0.25) is 0 Å². The standard InChI is InChI=1S/C34H45N5O8/c1-21(2)31-34(44)36-22(3)20-47-26-9-6-5-8-24(26)32(42)37-25(19-30(41)39(4)15-7-10-29(40)38-31)33(43)35-14-13-23-11-12-27-28(18-23)46-17-16-45-27/h5-6,8-9,11-12,18,21-22,25,31H,7,10,13-17,19-20H2,1-4H3,(H,35,43)(H,36,44)(H,37,42)(H,38,40)/t22-,25-,31+/m0/s1. The maximum absolute atomic E-state index is 13.5. The lowest BCUT2D eigenvalue weighted by molar-refractivity contribution is -0.134. The summed E-state index contributed by atoms with van der Waals surface area (Å²) in [6.45, 7) is 6.94. The molecule has 2 aromatic carbocycles. The second kappa shape index (κ2) is 16.7. The minimum atomic E-state index is -1.18. The molecule has 13 heteroatoms. The molecule has 0 unspecified atom stereocenters. The van der Waals surface area contributed by atoms with Gasteiger partial charge in [0, 0.05) is 26.6 Å². The Balaban J connectivity index is 1.50. The molecule has 3 atom stereocenters. The first kappa shape index (κ1) is 35.1. The number of amides is 5. The van der Waals surface area contributed by atoms with Gasteiger partial charge in [0.25, 0.3) is 5.91 Å². The normalized spacial score (nSPS) is 21.6. The summed E-state index contributed by atoms with van der Waals surface area (Å²) >= 11 is 0. The largest absolute Gasteiger partial charge is 0.491 e. The molecular formula is C34H45N5O8. The summed E-state index contributed by atoms with van der Waals surface area (Å²) in [6, 6.07) is 9.76. The van der Waals surface area contributed by atoms with Crippen LogP contribution in [0.25, 0.3) is 0 Å². The summed E-state index contributed by atoms with van der Waals surface area (Å²) < 4.78 is 17.1. The van der Waals surface area contributed by atoms with E-state index in [1.165, 1.54) is 4.90 Å². The molecule has 0 spiro atoms. The van der Waals surface area contributed by atoms with Crippen molar-refractivity contribution in [3.8, 4) is 17.2 Å². The van der Waals surface area contributed by atoms with Crippen molar-refractivity contribution in [1.29, 1.82) is 0 Å². The van der Waals surface area contributed by atoms with Gasteiger partial charge in [-0.25, -0.2) is 0 Å². The van der Waals surface area contributed by atoms with Crippen LogP contribution in [0.4, 0.5) is 0 Å². The second-order valence-corrected chi connectivity index (χ2v) is 12.2. The highest BCUT2D eigenvalue weighted by molar-refractivity contribution is 6.00. The minimum absolute atomic E-state index is 0.0435. The van der Waals surface area contributed by atoms with E-state index in [1.807, 2.05) is 32.0 Å². The van der Waals surface area contributed by atoms with Gasteiger partial charge in [-0.1, -0.05) is 32.0 Å². The third-order valence-electron chi connectivity index (χ3n) is 7.92. The number of benzene rings is 2. The Morgan fingerprint density at radius 3 is 2.47 bits per heavy atom. The molecule has 13 nitrogen and oxygen atoms in total. The van der Waals surface area contributed by atoms with Crippen LogP contribution in [0.1, 0.15) is 56.0 Å². The molecule has 4 N–H and O–H groups in total. The van der Waals surface area contributed by atoms with Crippen LogP contribution in [0.15, 0.2) is 42.5 Å². The maximum Gasteiger partial charge on any atom is 0.255 e. The molecule has 47 heavy (non-hydrogen) atoms. The molecule has 0 fully saturated rings. The predicted molar refractivity (Wildman–Crippen MR) is 173 cm³/mol. The first-order valence-corrected chi connectivity index (χ1v) is 16.0. The summed E-state index contributed by atoms with van der Waals surface area (Å²) in [7, 11) is 1.58. The van der Waals surface area contributed by atoms with Crippen molar-refractivity contribution >= 4 is 29.5 Å². The summed E-state index contributed by atoms with van der Waals surface area (Å²) in [5.41, 5.74) is 1.10. The highest BCUT2D eigenvalue weighted by atomic mass is 16.6. The smallest absolute Gasteiger partial charge is 0.255 e. The molecule has 0 aromatic heterocycles. The summed E-state index contributed by atoms with van der Waals surface area (Å²) in [5.74, 6) is -0.737. The van der Waals surface area contributed by atoms with Crippen molar-refractivity contribution in [2.24, 2.45) is 5.92 Å². The van der Waals surface area contributed by atoms with E-state index in [0.717, 1.165) is 5.56 Å². The van der Waals surface area contributed by atoms with Gasteiger partial charge in [0.15, 0.2) is 11.5 Å². The van der Waals surface area contributed by atoms with Crippen molar-refractivity contribution in [1.82, 2.24) is 26.2 Å². The van der Waals surface area contributed by atoms with Crippen LogP contribution in [-0.4, -0.2) is 92.5 Å². The van der Waals surface area contributed by atoms with Crippen LogP contribution in [0, 0.1) is 5.92 Å². The van der Waals surface area contributed by atoms with Crippen LogP contribution in [0.3, 0.4) is 0 Å². The number of hydrogen-bond acceptors (Lipinski definition) is 8. The predicted octanol–water partition coefficient (Wildman–Crippen LogP) is 1.58. The van der Waals surface area contributed by atoms with Crippen molar-refractivity contribution < 1.29 is 38.2 Å². The van der Waals surface area contributed by atoms with Crippen molar-refractivity contribution in [3.63, 3.8) is 0 Å². The van der Waals surface area contributed by atoms with Crippen molar-refractivity contribution in [2.45, 2.75) is 64.6 Å². The van der Waals surface area contributed by atoms with Gasteiger partial charge >= 0.3 is 0 Å². The fourth-order valence-corrected chi connectivity index (χ4v) is 5.22. The van der Waals surface area contributed by atoms with E-state index in [2.05, 4.69) is 21.3 Å². The molecule has 2 heterocycles. The fraction of sp³-hybridized carbons (Fsp3) is 0.500. The van der Waals surface area contributed by atoms with E-state index in [0.29, 0.717) is 37.6 Å². The zero-order valence-corrected chi connectivity index (χ0v) is 27.4. The van der Waals surface area contributed by atoms with Gasteiger partial charge in [-0.15, -0.1) is 0 Å². The number of para-hydroxylation sites is 1. The number of ether oxygens (including phenoxy) is 3. The molecule has 2 aliphatic heterocycles. The van der Waals surface area contributed by atoms with Gasteiger partial charge in [-0.2, -0.15) is 0 Å². The number of nitrogens with one attached hydrogen (secondary N) is 4. The van der Waals surface area contributed by atoms with Gasteiger partial charge in [0.05, 0.1) is 18.0 Å². The molecule has 0 radical (unpaired) electrons. The van der Waals surface area contributed by atoms with E-state index in [9.17, 15) is 24.0 Å². The first-order chi connectivity index (χ1) is 22.5. The monoisotopic (exact) mass is 651 g/mol. The van der Waals surface area contributed by atoms with Gasteiger partial charge in [-0.3, -0.25) is 24.0 Å². The highest BCUT2D eigenvalue weighted by Crippen LogP contribution is 2.30. The fourth-order valence-electron chi connectivity index (χ4n) is 5.22. The molecular weight excluding hydrogens is 606 g/mol. The maximum atomic E-state index is 13.5. The average molecular weight is 652 g/mol. The van der Waals surface area contributed by atoms with Gasteiger partial charge in [0.2, 0.25) is 23.6 Å². The zero-order valence-electron chi connectivity index (χ0n) is 27.4. The van der Waals surface area contributed by atoms with Gasteiger partial charge in [-0.05, 0) is 55.5 Å². The SMILES string of the molecule is CC(C)[C@H]1NC(=O)CCCN(C)C(=O)C[C@@H](C(=O)NCCc2ccc3c(c2)OCCO3)NC(=O)c2ccccc2OC[C@H](C)NC1=O. The zero-order chi connectivity index (χ0) is 33.9. The number of carbonyl (C=O) groups is 5. The molecule has 0 bridgehead atoms. The Labute approximate surface area is 275 Å². The molecule has 0 aliphatic carbocycles. The van der Waals surface area contributed by atoms with E-state index >= 15 is 0 Å². The third kappa shape index (κ3) is 10.1. The lowest BCUT2D eigenvalue weighted by atomic mass is 10.0. The summed E-state index contributed by atoms with van der Waals surface area (Å²) in [6.07, 6.45) is 0.639. The quantitative estimate of drug-likeness (QED) is 0.379. The molecule has 4 rings (SSSR count). The third-order valence-corrected chi connectivity index (χ3v) is 7.92. The highest BCUT2D eigenvalue weighted by Gasteiger charge is 2.29. The summed E-state index contributed by atoms with van der Waals surface area (Å²) in [5, 5.41) is 11.2. The first-order valence-electron chi connectivity index (χ1n) is 16.0. The average Bonchev–Trinajstić information content (AvgIpc) is 3.05. The van der Waals surface area contributed by atoms with E-state index in [4.69, 9.17) is 14.2 Å². The van der Waals surface area contributed by atoms with E-state index in [1.54, 1.807) is 38.2 Å². The van der Waals surface area contributed by atoms with E-state index < -0.39 is 29.9 Å². The lowest BCUT2D eigenvalue weighted by Gasteiger charge is -2.24. The number of fused-ring (bicyclic) bond motifs is 2. The molecule has 2 aromatic rings. The van der Waals surface area contributed by atoms with Crippen LogP contribution in [0.5, 0.6) is 17.2 Å². The molecule has 0 saturated carbocycles. The van der Waals surface area contributed by atoms with Crippen molar-refractivity contribution in [3.05, 3.63) is 53.6 Å². The lowest BCUT2D eigenvalue weighted by Crippen LogP contribution is -2.52. The van der Waals surface area contributed by atoms with E-state index in [-0.39, 0.29) is 67.5 Å². The van der Waals surface area contributed by atoms with Gasteiger partial charge in [0.1, 0.15) is 37.7 Å². The topological polar surface area (TPSA) is 164 Å². The molecule has 5 amide bonds. The molecule has 0 saturated heterocycles. The number of carbonyl (C=O) groups excluding carboxylic acids is 5. The minimum Gasteiger partial charge on any atom is -0.491 e. The Morgan fingerprint density at radius 1 is 0.957 bits per heavy atom. The number of hydrogen-bond donors (Lipinski definition) is 4. The van der Waals surface area contributed by atoms with Crippen molar-refractivity contribution in [2.75, 3.05) is 40.0 Å². The van der Waals surface area contributed by atoms with Gasteiger partial charge < -0.3 is 40.4 Å². The summed E-state index contributed by atoms with van der Waals surface area (Å²) in [4.78, 5) is 67.3. The Morgan fingerprint density at radius 2 is 1.70 bits per heavy atom. The molecule has 2 aliphatic rings.